The maximum atomic E-state index is 13.0. The first-order valence-electron chi connectivity index (χ1n) is 10.1. The fourth-order valence-corrected chi connectivity index (χ4v) is 4.09. The largest absolute Gasteiger partial charge is 0.482 e. The molecule has 0 saturated heterocycles. The van der Waals surface area contributed by atoms with E-state index in [1.54, 1.807) is 28.9 Å². The van der Waals surface area contributed by atoms with E-state index in [1.807, 2.05) is 36.4 Å². The number of carbonyl (C=O) groups excluding carboxylic acids is 1. The van der Waals surface area contributed by atoms with Gasteiger partial charge in [0.1, 0.15) is 11.6 Å². The van der Waals surface area contributed by atoms with Crippen molar-refractivity contribution < 1.29 is 19.4 Å². The van der Waals surface area contributed by atoms with Crippen LogP contribution < -0.4 is 10.1 Å². The molecular formula is C24H23N3O4S. The summed E-state index contributed by atoms with van der Waals surface area (Å²) in [5.41, 5.74) is 1.33. The van der Waals surface area contributed by atoms with Gasteiger partial charge < -0.3 is 15.2 Å². The van der Waals surface area contributed by atoms with Gasteiger partial charge in [-0.25, -0.2) is 9.48 Å². The van der Waals surface area contributed by atoms with Crippen LogP contribution in [0.15, 0.2) is 60.7 Å². The minimum atomic E-state index is -1.04. The second-order valence-corrected chi connectivity index (χ2v) is 9.44. The Kier molecular flexibility index (Phi) is 5.71. The molecule has 2 aromatic heterocycles. The molecule has 164 valence electrons. The Morgan fingerprint density at radius 2 is 1.81 bits per heavy atom. The van der Waals surface area contributed by atoms with Crippen LogP contribution in [0, 0.1) is 0 Å². The molecular weight excluding hydrogens is 426 g/mol. The lowest BCUT2D eigenvalue weighted by Crippen LogP contribution is -2.14. The van der Waals surface area contributed by atoms with Crippen LogP contribution in [-0.2, 0) is 10.2 Å². The summed E-state index contributed by atoms with van der Waals surface area (Å²) in [6.07, 6.45) is 0. The Morgan fingerprint density at radius 3 is 2.47 bits per heavy atom. The molecule has 0 spiro atoms. The van der Waals surface area contributed by atoms with E-state index in [-0.39, 0.29) is 11.3 Å². The maximum Gasteiger partial charge on any atom is 0.341 e. The number of ether oxygens (including phenoxy) is 1. The zero-order chi connectivity index (χ0) is 22.9. The number of carboxylic acids is 1. The average Bonchev–Trinajstić information content (AvgIpc) is 3.37. The van der Waals surface area contributed by atoms with Crippen LogP contribution in [0.2, 0.25) is 0 Å². The van der Waals surface area contributed by atoms with Crippen molar-refractivity contribution in [2.24, 2.45) is 0 Å². The fourth-order valence-electron chi connectivity index (χ4n) is 3.13. The molecule has 32 heavy (non-hydrogen) atoms. The van der Waals surface area contributed by atoms with Gasteiger partial charge in [0.15, 0.2) is 6.61 Å². The normalized spacial score (nSPS) is 11.5. The number of aliphatic carboxylic acids is 1. The molecule has 0 fully saturated rings. The molecule has 0 aliphatic rings. The van der Waals surface area contributed by atoms with E-state index in [1.165, 1.54) is 11.3 Å². The van der Waals surface area contributed by atoms with Gasteiger partial charge in [-0.1, -0.05) is 39.0 Å². The monoisotopic (exact) mass is 449 g/mol. The highest BCUT2D eigenvalue weighted by molar-refractivity contribution is 7.20. The summed E-state index contributed by atoms with van der Waals surface area (Å²) in [5.74, 6) is -0.247. The summed E-state index contributed by atoms with van der Waals surface area (Å²) in [7, 11) is 0. The topological polar surface area (TPSA) is 93.5 Å². The smallest absolute Gasteiger partial charge is 0.341 e. The van der Waals surface area contributed by atoms with Gasteiger partial charge in [0.05, 0.1) is 16.3 Å². The number of nitrogens with zero attached hydrogens (tertiary/aromatic N) is 2. The van der Waals surface area contributed by atoms with Gasteiger partial charge in [0.25, 0.3) is 5.91 Å². The van der Waals surface area contributed by atoms with Crippen LogP contribution in [0.3, 0.4) is 0 Å². The summed E-state index contributed by atoms with van der Waals surface area (Å²) in [6.45, 7) is 5.76. The van der Waals surface area contributed by atoms with Crippen molar-refractivity contribution in [1.29, 1.82) is 0 Å². The van der Waals surface area contributed by atoms with Crippen molar-refractivity contribution in [3.63, 3.8) is 0 Å². The third-order valence-electron chi connectivity index (χ3n) is 4.81. The molecule has 4 aromatic rings. The van der Waals surface area contributed by atoms with Gasteiger partial charge in [-0.2, -0.15) is 5.10 Å². The zero-order valence-corrected chi connectivity index (χ0v) is 18.8. The summed E-state index contributed by atoms with van der Waals surface area (Å²) in [6, 6.07) is 18.5. The number of rotatable bonds is 6. The van der Waals surface area contributed by atoms with Gasteiger partial charge >= 0.3 is 5.97 Å². The Labute approximate surface area is 189 Å². The SMILES string of the molecule is CC(C)(C)c1cc(NC(=O)c2cc3ccccc3s2)n(-c2ccc(OCC(=O)O)cc2)n1. The van der Waals surface area contributed by atoms with Crippen molar-refractivity contribution in [3.8, 4) is 11.4 Å². The minimum Gasteiger partial charge on any atom is -0.482 e. The molecule has 2 N–H and O–H groups in total. The third kappa shape index (κ3) is 4.65. The molecule has 0 unspecified atom stereocenters. The van der Waals surface area contributed by atoms with Crippen molar-refractivity contribution in [1.82, 2.24) is 9.78 Å². The number of carbonyl (C=O) groups is 2. The highest BCUT2D eigenvalue weighted by Crippen LogP contribution is 2.29. The molecule has 4 rings (SSSR count). The number of hydrogen-bond donors (Lipinski definition) is 2. The molecule has 7 nitrogen and oxygen atoms in total. The van der Waals surface area contributed by atoms with Gasteiger partial charge in [-0.05, 0) is 41.8 Å². The predicted molar refractivity (Wildman–Crippen MR) is 125 cm³/mol. The number of anilines is 1. The molecule has 0 aliphatic carbocycles. The standard InChI is InChI=1S/C24H23N3O4S/c1-24(2,3)20-13-21(25-23(30)19-12-15-6-4-5-7-18(15)32-19)27(26-20)16-8-10-17(11-9-16)31-14-22(28)29/h4-13H,14H2,1-3H3,(H,25,30)(H,28,29). The number of amides is 1. The number of benzene rings is 2. The van der Waals surface area contributed by atoms with Crippen molar-refractivity contribution in [2.75, 3.05) is 11.9 Å². The molecule has 0 aliphatic heterocycles. The van der Waals surface area contributed by atoms with Crippen LogP contribution in [0.4, 0.5) is 5.82 Å². The molecule has 0 radical (unpaired) electrons. The van der Waals surface area contributed by atoms with E-state index in [2.05, 4.69) is 26.1 Å². The highest BCUT2D eigenvalue weighted by atomic mass is 32.1. The fraction of sp³-hybridized carbons (Fsp3) is 0.208. The molecule has 0 bridgehead atoms. The summed E-state index contributed by atoms with van der Waals surface area (Å²) in [4.78, 5) is 24.3. The van der Waals surface area contributed by atoms with Crippen LogP contribution in [0.25, 0.3) is 15.8 Å². The molecule has 0 saturated carbocycles. The summed E-state index contributed by atoms with van der Waals surface area (Å²) >= 11 is 1.44. The number of fused-ring (bicyclic) bond motifs is 1. The lowest BCUT2D eigenvalue weighted by atomic mass is 9.92. The summed E-state index contributed by atoms with van der Waals surface area (Å²) < 4.78 is 7.93. The Balaban J connectivity index is 1.64. The lowest BCUT2D eigenvalue weighted by Gasteiger charge is -2.14. The molecule has 2 aromatic carbocycles. The number of hydrogen-bond acceptors (Lipinski definition) is 5. The van der Waals surface area contributed by atoms with E-state index in [9.17, 15) is 9.59 Å². The number of nitrogens with one attached hydrogen (secondary N) is 1. The van der Waals surface area contributed by atoms with E-state index < -0.39 is 12.6 Å². The minimum absolute atomic E-state index is 0.200. The molecule has 1 amide bonds. The van der Waals surface area contributed by atoms with Crippen LogP contribution in [-0.4, -0.2) is 33.4 Å². The van der Waals surface area contributed by atoms with Crippen molar-refractivity contribution >= 4 is 39.1 Å². The van der Waals surface area contributed by atoms with E-state index in [0.29, 0.717) is 16.4 Å². The second kappa shape index (κ2) is 8.47. The first kappa shape index (κ1) is 21.6. The van der Waals surface area contributed by atoms with E-state index >= 15 is 0 Å². The Hall–Kier alpha value is -3.65. The van der Waals surface area contributed by atoms with Crippen LogP contribution in [0.1, 0.15) is 36.1 Å². The zero-order valence-electron chi connectivity index (χ0n) is 18.0. The van der Waals surface area contributed by atoms with Crippen LogP contribution >= 0.6 is 11.3 Å². The first-order valence-corrected chi connectivity index (χ1v) is 10.9. The lowest BCUT2D eigenvalue weighted by molar-refractivity contribution is -0.139. The third-order valence-corrected chi connectivity index (χ3v) is 5.93. The molecule has 8 heteroatoms. The van der Waals surface area contributed by atoms with E-state index in [4.69, 9.17) is 14.9 Å². The van der Waals surface area contributed by atoms with Gasteiger partial charge in [0.2, 0.25) is 0 Å². The second-order valence-electron chi connectivity index (χ2n) is 8.36. The van der Waals surface area contributed by atoms with Crippen molar-refractivity contribution in [2.45, 2.75) is 26.2 Å². The predicted octanol–water partition coefficient (Wildman–Crippen LogP) is 5.10. The van der Waals surface area contributed by atoms with Gasteiger partial charge in [-0.3, -0.25) is 4.79 Å². The summed E-state index contributed by atoms with van der Waals surface area (Å²) in [5, 5.41) is 17.5. The first-order chi connectivity index (χ1) is 15.2. The van der Waals surface area contributed by atoms with E-state index in [0.717, 1.165) is 21.5 Å². The average molecular weight is 450 g/mol. The molecule has 2 heterocycles. The highest BCUT2D eigenvalue weighted by Gasteiger charge is 2.22. The molecule has 0 atom stereocenters. The Morgan fingerprint density at radius 1 is 1.09 bits per heavy atom. The van der Waals surface area contributed by atoms with Gasteiger partial charge in [-0.15, -0.1) is 11.3 Å². The maximum absolute atomic E-state index is 13.0. The van der Waals surface area contributed by atoms with Gasteiger partial charge in [0, 0.05) is 16.2 Å². The van der Waals surface area contributed by atoms with Crippen molar-refractivity contribution in [3.05, 3.63) is 71.2 Å². The Bertz CT molecular complexity index is 1250. The van der Waals surface area contributed by atoms with Crippen LogP contribution in [0.5, 0.6) is 5.75 Å². The number of aromatic nitrogens is 2. The number of thiophene rings is 1. The quantitative estimate of drug-likeness (QED) is 0.427. The number of carboxylic acid groups (broad SMARTS) is 1.